The maximum Gasteiger partial charge on any atom is 0.203 e. The average molecular weight is 286 g/mol. The number of rotatable bonds is 6. The van der Waals surface area contributed by atoms with E-state index in [0.717, 1.165) is 22.8 Å². The van der Waals surface area contributed by atoms with Crippen molar-refractivity contribution in [3.63, 3.8) is 0 Å². The van der Waals surface area contributed by atoms with Gasteiger partial charge in [-0.15, -0.1) is 0 Å². The Labute approximate surface area is 124 Å². The van der Waals surface area contributed by atoms with Gasteiger partial charge < -0.3 is 19.2 Å². The number of hydrogen-bond donors (Lipinski definition) is 1. The van der Waals surface area contributed by atoms with E-state index in [1.807, 2.05) is 31.2 Å². The van der Waals surface area contributed by atoms with Crippen molar-refractivity contribution < 1.29 is 13.9 Å². The lowest BCUT2D eigenvalue weighted by atomic mass is 10.1. The van der Waals surface area contributed by atoms with Crippen molar-refractivity contribution in [2.45, 2.75) is 19.5 Å². The summed E-state index contributed by atoms with van der Waals surface area (Å²) >= 11 is 0. The van der Waals surface area contributed by atoms with Gasteiger partial charge in [-0.2, -0.15) is 5.26 Å². The Bertz CT molecular complexity index is 643. The number of nitriles is 1. The van der Waals surface area contributed by atoms with E-state index in [2.05, 4.69) is 5.32 Å². The van der Waals surface area contributed by atoms with Crippen LogP contribution in [0.3, 0.4) is 0 Å². The lowest BCUT2D eigenvalue weighted by Gasteiger charge is -2.17. The van der Waals surface area contributed by atoms with Crippen LogP contribution in [-0.4, -0.2) is 14.2 Å². The van der Waals surface area contributed by atoms with Crippen molar-refractivity contribution in [3.8, 4) is 17.6 Å². The molecule has 0 saturated carbocycles. The Morgan fingerprint density at radius 2 is 2.05 bits per heavy atom. The maximum absolute atomic E-state index is 8.74. The van der Waals surface area contributed by atoms with Gasteiger partial charge in [0.05, 0.1) is 20.8 Å². The van der Waals surface area contributed by atoms with Gasteiger partial charge in [0.15, 0.2) is 0 Å². The molecule has 21 heavy (non-hydrogen) atoms. The van der Waals surface area contributed by atoms with Gasteiger partial charge in [-0.3, -0.25) is 0 Å². The minimum atomic E-state index is 0.0469. The van der Waals surface area contributed by atoms with Gasteiger partial charge in [0.1, 0.15) is 23.3 Å². The van der Waals surface area contributed by atoms with E-state index in [-0.39, 0.29) is 6.04 Å². The summed E-state index contributed by atoms with van der Waals surface area (Å²) in [5.74, 6) is 2.62. The SMILES string of the molecule is COc1ccc(OC)c(C(C)NCc2ccc(C#N)o2)c1. The van der Waals surface area contributed by atoms with Crippen LogP contribution in [0, 0.1) is 11.3 Å². The first kappa shape index (κ1) is 14.9. The van der Waals surface area contributed by atoms with Crippen molar-refractivity contribution in [1.82, 2.24) is 5.32 Å². The van der Waals surface area contributed by atoms with Crippen molar-refractivity contribution >= 4 is 0 Å². The van der Waals surface area contributed by atoms with E-state index in [4.69, 9.17) is 19.2 Å². The van der Waals surface area contributed by atoms with E-state index < -0.39 is 0 Å². The normalized spacial score (nSPS) is 11.7. The van der Waals surface area contributed by atoms with Crippen LogP contribution in [0.4, 0.5) is 0 Å². The van der Waals surface area contributed by atoms with Crippen LogP contribution in [-0.2, 0) is 6.54 Å². The molecule has 110 valence electrons. The number of ether oxygens (including phenoxy) is 2. The number of furan rings is 1. The van der Waals surface area contributed by atoms with Crippen LogP contribution in [0.1, 0.15) is 30.0 Å². The molecule has 0 bridgehead atoms. The summed E-state index contributed by atoms with van der Waals surface area (Å²) < 4.78 is 16.0. The average Bonchev–Trinajstić information content (AvgIpc) is 3.00. The molecule has 1 atom stereocenters. The van der Waals surface area contributed by atoms with Gasteiger partial charge in [0.2, 0.25) is 5.76 Å². The molecule has 0 fully saturated rings. The second kappa shape index (κ2) is 6.82. The Morgan fingerprint density at radius 3 is 2.67 bits per heavy atom. The number of methoxy groups -OCH3 is 2. The van der Waals surface area contributed by atoms with Gasteiger partial charge in [0, 0.05) is 11.6 Å². The highest BCUT2D eigenvalue weighted by Gasteiger charge is 2.13. The molecular formula is C16H18N2O3. The predicted molar refractivity (Wildman–Crippen MR) is 78.2 cm³/mol. The van der Waals surface area contributed by atoms with Crippen LogP contribution >= 0.6 is 0 Å². The fourth-order valence-electron chi connectivity index (χ4n) is 2.07. The van der Waals surface area contributed by atoms with Crippen molar-refractivity contribution in [3.05, 3.63) is 47.4 Å². The lowest BCUT2D eigenvalue weighted by Crippen LogP contribution is -2.18. The van der Waals surface area contributed by atoms with Crippen molar-refractivity contribution in [2.24, 2.45) is 0 Å². The smallest absolute Gasteiger partial charge is 0.203 e. The number of benzene rings is 1. The largest absolute Gasteiger partial charge is 0.497 e. The Balaban J connectivity index is 2.08. The molecule has 1 heterocycles. The Morgan fingerprint density at radius 1 is 1.24 bits per heavy atom. The van der Waals surface area contributed by atoms with Crippen LogP contribution in [0.25, 0.3) is 0 Å². The monoisotopic (exact) mass is 286 g/mol. The van der Waals surface area contributed by atoms with E-state index in [1.54, 1.807) is 26.4 Å². The molecule has 1 aromatic carbocycles. The Hall–Kier alpha value is -2.45. The molecule has 0 radical (unpaired) electrons. The molecule has 0 aliphatic rings. The second-order valence-corrected chi connectivity index (χ2v) is 4.59. The zero-order valence-electron chi connectivity index (χ0n) is 12.3. The summed E-state index contributed by atoms with van der Waals surface area (Å²) in [5, 5.41) is 12.1. The topological polar surface area (TPSA) is 67.4 Å². The molecule has 5 nitrogen and oxygen atoms in total. The van der Waals surface area contributed by atoms with Gasteiger partial charge in [-0.25, -0.2) is 0 Å². The molecular weight excluding hydrogens is 268 g/mol. The first-order chi connectivity index (χ1) is 10.2. The Kier molecular flexibility index (Phi) is 4.85. The highest BCUT2D eigenvalue weighted by atomic mass is 16.5. The zero-order valence-corrected chi connectivity index (χ0v) is 12.3. The zero-order chi connectivity index (χ0) is 15.2. The molecule has 1 aromatic heterocycles. The number of nitrogens with one attached hydrogen (secondary N) is 1. The summed E-state index contributed by atoms with van der Waals surface area (Å²) in [7, 11) is 3.28. The number of hydrogen-bond acceptors (Lipinski definition) is 5. The third-order valence-corrected chi connectivity index (χ3v) is 3.26. The van der Waals surface area contributed by atoms with Crippen LogP contribution < -0.4 is 14.8 Å². The second-order valence-electron chi connectivity index (χ2n) is 4.59. The minimum Gasteiger partial charge on any atom is -0.497 e. The van der Waals surface area contributed by atoms with Crippen molar-refractivity contribution in [2.75, 3.05) is 14.2 Å². The molecule has 0 spiro atoms. The molecule has 2 aromatic rings. The molecule has 0 saturated heterocycles. The van der Waals surface area contributed by atoms with Gasteiger partial charge in [-0.05, 0) is 37.3 Å². The van der Waals surface area contributed by atoms with Crippen LogP contribution in [0.15, 0.2) is 34.7 Å². The maximum atomic E-state index is 8.74. The van der Waals surface area contributed by atoms with Gasteiger partial charge in [-0.1, -0.05) is 0 Å². The molecule has 2 rings (SSSR count). The quantitative estimate of drug-likeness (QED) is 0.884. The fraction of sp³-hybridized carbons (Fsp3) is 0.312. The van der Waals surface area contributed by atoms with E-state index in [1.165, 1.54) is 0 Å². The van der Waals surface area contributed by atoms with Crippen LogP contribution in [0.2, 0.25) is 0 Å². The van der Waals surface area contributed by atoms with E-state index >= 15 is 0 Å². The lowest BCUT2D eigenvalue weighted by molar-refractivity contribution is 0.388. The molecule has 0 amide bonds. The standard InChI is InChI=1S/C16H18N2O3/c1-11(18-10-14-5-4-13(9-17)21-14)15-8-12(19-2)6-7-16(15)20-3/h4-8,11,18H,10H2,1-3H3. The molecule has 0 aliphatic carbocycles. The highest BCUT2D eigenvalue weighted by Crippen LogP contribution is 2.29. The van der Waals surface area contributed by atoms with Gasteiger partial charge in [0.25, 0.3) is 0 Å². The molecule has 1 unspecified atom stereocenters. The van der Waals surface area contributed by atoms with Crippen molar-refractivity contribution in [1.29, 1.82) is 5.26 Å². The highest BCUT2D eigenvalue weighted by molar-refractivity contribution is 5.42. The predicted octanol–water partition coefficient (Wildman–Crippen LogP) is 3.02. The van der Waals surface area contributed by atoms with E-state index in [0.29, 0.717) is 12.3 Å². The molecule has 5 heteroatoms. The molecule has 0 aliphatic heterocycles. The first-order valence-electron chi connectivity index (χ1n) is 6.62. The van der Waals surface area contributed by atoms with Gasteiger partial charge >= 0.3 is 0 Å². The minimum absolute atomic E-state index is 0.0469. The third-order valence-electron chi connectivity index (χ3n) is 3.26. The number of nitrogens with zero attached hydrogens (tertiary/aromatic N) is 1. The summed E-state index contributed by atoms with van der Waals surface area (Å²) in [4.78, 5) is 0. The van der Waals surface area contributed by atoms with Crippen LogP contribution in [0.5, 0.6) is 11.5 Å². The first-order valence-corrected chi connectivity index (χ1v) is 6.62. The summed E-state index contributed by atoms with van der Waals surface area (Å²) in [6, 6.07) is 11.2. The van der Waals surface area contributed by atoms with E-state index in [9.17, 15) is 0 Å². The molecule has 1 N–H and O–H groups in total. The summed E-state index contributed by atoms with van der Waals surface area (Å²) in [6.07, 6.45) is 0. The third kappa shape index (κ3) is 3.56. The fourth-order valence-corrected chi connectivity index (χ4v) is 2.07. The summed E-state index contributed by atoms with van der Waals surface area (Å²) in [6.45, 7) is 2.56. The summed E-state index contributed by atoms with van der Waals surface area (Å²) in [5.41, 5.74) is 1.00.